The molecule has 2 heterocycles. The number of aromatic nitrogens is 2. The van der Waals surface area contributed by atoms with Gasteiger partial charge in [-0.05, 0) is 36.1 Å². The summed E-state index contributed by atoms with van der Waals surface area (Å²) in [5.41, 5.74) is 8.47. The van der Waals surface area contributed by atoms with Gasteiger partial charge in [-0.1, -0.05) is 60.7 Å². The van der Waals surface area contributed by atoms with Gasteiger partial charge in [0.25, 0.3) is 0 Å². The van der Waals surface area contributed by atoms with Gasteiger partial charge in [0.15, 0.2) is 0 Å². The van der Waals surface area contributed by atoms with Gasteiger partial charge in [-0.25, -0.2) is 4.98 Å². The van der Waals surface area contributed by atoms with Crippen LogP contribution >= 0.6 is 0 Å². The molecule has 0 N–H and O–H groups in total. The molecule has 0 aliphatic carbocycles. The van der Waals surface area contributed by atoms with E-state index in [1.165, 1.54) is 33.5 Å². The third-order valence-corrected chi connectivity index (χ3v) is 4.43. The van der Waals surface area contributed by atoms with Crippen LogP contribution in [-0.2, 0) is 0 Å². The van der Waals surface area contributed by atoms with Crippen molar-refractivity contribution < 1.29 is 0 Å². The van der Waals surface area contributed by atoms with E-state index in [9.17, 15) is 0 Å². The van der Waals surface area contributed by atoms with Crippen LogP contribution in [0.15, 0.2) is 73.1 Å². The second-order valence-electron chi connectivity index (χ2n) is 5.83. The van der Waals surface area contributed by atoms with Crippen molar-refractivity contribution in [3.63, 3.8) is 0 Å². The maximum Gasteiger partial charge on any atom is 0.140 e. The molecule has 0 radical (unpaired) electrons. The van der Waals surface area contributed by atoms with Gasteiger partial charge in [0, 0.05) is 18.0 Å². The van der Waals surface area contributed by atoms with E-state index >= 15 is 0 Å². The minimum absolute atomic E-state index is 1.02. The quantitative estimate of drug-likeness (QED) is 0.492. The summed E-state index contributed by atoms with van der Waals surface area (Å²) in [6.45, 7) is 4.36. The fourth-order valence-electron chi connectivity index (χ4n) is 3.44. The van der Waals surface area contributed by atoms with Crippen molar-refractivity contribution in [1.82, 2.24) is 9.38 Å². The number of hydrogen-bond acceptors (Lipinski definition) is 1. The van der Waals surface area contributed by atoms with Crippen LogP contribution in [0.3, 0.4) is 0 Å². The largest absolute Gasteiger partial charge is 0.299 e. The zero-order chi connectivity index (χ0) is 15.8. The summed E-state index contributed by atoms with van der Waals surface area (Å²) in [4.78, 5) is 4.59. The molecule has 0 fully saturated rings. The van der Waals surface area contributed by atoms with Gasteiger partial charge in [-0.3, -0.25) is 4.40 Å². The lowest BCUT2D eigenvalue weighted by Gasteiger charge is -2.18. The highest BCUT2D eigenvalue weighted by Crippen LogP contribution is 2.36. The molecule has 23 heavy (non-hydrogen) atoms. The molecule has 0 spiro atoms. The average molecular weight is 298 g/mol. The smallest absolute Gasteiger partial charge is 0.140 e. The molecule has 0 aliphatic rings. The highest BCUT2D eigenvalue weighted by molar-refractivity contribution is 5.83. The number of fused-ring (bicyclic) bond motifs is 1. The molecule has 0 amide bonds. The van der Waals surface area contributed by atoms with E-state index in [4.69, 9.17) is 0 Å². The minimum atomic E-state index is 1.02. The summed E-state index contributed by atoms with van der Waals surface area (Å²) in [5.74, 6) is 0. The molecule has 0 saturated carbocycles. The molecule has 0 aliphatic heterocycles. The van der Waals surface area contributed by atoms with Crippen LogP contribution in [0.5, 0.6) is 0 Å². The van der Waals surface area contributed by atoms with Gasteiger partial charge in [-0.15, -0.1) is 0 Å². The molecule has 2 aromatic heterocycles. The van der Waals surface area contributed by atoms with Crippen LogP contribution in [0.1, 0.15) is 11.1 Å². The van der Waals surface area contributed by atoms with Crippen molar-refractivity contribution in [2.45, 2.75) is 13.8 Å². The minimum Gasteiger partial charge on any atom is -0.299 e. The van der Waals surface area contributed by atoms with Crippen LogP contribution in [0.2, 0.25) is 0 Å². The summed E-state index contributed by atoms with van der Waals surface area (Å²) in [5, 5.41) is 0. The lowest BCUT2D eigenvalue weighted by atomic mass is 9.93. The number of rotatable bonds is 2. The average Bonchev–Trinajstić information content (AvgIpc) is 3.07. The summed E-state index contributed by atoms with van der Waals surface area (Å²) >= 11 is 0. The topological polar surface area (TPSA) is 17.3 Å². The SMILES string of the molecule is Cc1c(-c2ccccc2)c(C)c2nccn2c1-c1ccccc1. The van der Waals surface area contributed by atoms with Gasteiger partial charge in [0.2, 0.25) is 0 Å². The number of aryl methyl sites for hydroxylation is 1. The molecule has 2 heteroatoms. The van der Waals surface area contributed by atoms with Gasteiger partial charge in [0.1, 0.15) is 5.65 Å². The molecular formula is C21H18N2. The van der Waals surface area contributed by atoms with Crippen molar-refractivity contribution in [2.24, 2.45) is 0 Å². The highest BCUT2D eigenvalue weighted by Gasteiger charge is 2.17. The zero-order valence-electron chi connectivity index (χ0n) is 13.3. The molecule has 0 atom stereocenters. The van der Waals surface area contributed by atoms with E-state index in [0.29, 0.717) is 0 Å². The fraction of sp³-hybridized carbons (Fsp3) is 0.0952. The first-order valence-electron chi connectivity index (χ1n) is 7.84. The van der Waals surface area contributed by atoms with Crippen molar-refractivity contribution in [1.29, 1.82) is 0 Å². The number of benzene rings is 2. The Balaban J connectivity index is 2.13. The Morgan fingerprint density at radius 1 is 0.739 bits per heavy atom. The standard InChI is InChI=1S/C21H18N2/c1-15-19(17-9-5-3-6-10-17)16(2)21-22-13-14-23(21)20(15)18-11-7-4-8-12-18/h3-14H,1-2H3. The van der Waals surface area contributed by atoms with Gasteiger partial charge in [-0.2, -0.15) is 0 Å². The van der Waals surface area contributed by atoms with Crippen molar-refractivity contribution in [3.8, 4) is 22.4 Å². The van der Waals surface area contributed by atoms with Crippen LogP contribution in [-0.4, -0.2) is 9.38 Å². The number of hydrogen-bond donors (Lipinski definition) is 0. The van der Waals surface area contributed by atoms with Crippen LogP contribution in [0, 0.1) is 13.8 Å². The van der Waals surface area contributed by atoms with Crippen molar-refractivity contribution in [2.75, 3.05) is 0 Å². The Kier molecular flexibility index (Phi) is 3.23. The predicted molar refractivity (Wildman–Crippen MR) is 95.5 cm³/mol. The Labute approximate surface area is 136 Å². The monoisotopic (exact) mass is 298 g/mol. The molecule has 0 bridgehead atoms. The summed E-state index contributed by atoms with van der Waals surface area (Å²) in [7, 11) is 0. The first-order valence-corrected chi connectivity index (χ1v) is 7.84. The second kappa shape index (κ2) is 5.40. The fourth-order valence-corrected chi connectivity index (χ4v) is 3.44. The summed E-state index contributed by atoms with van der Waals surface area (Å²) in [6, 6.07) is 21.1. The first kappa shape index (κ1) is 13.8. The Morgan fingerprint density at radius 3 is 2.00 bits per heavy atom. The van der Waals surface area contributed by atoms with Gasteiger partial charge in [0.05, 0.1) is 5.69 Å². The highest BCUT2D eigenvalue weighted by atomic mass is 15.0. The number of pyridine rings is 1. The van der Waals surface area contributed by atoms with Crippen molar-refractivity contribution >= 4 is 5.65 Å². The molecule has 0 saturated heterocycles. The van der Waals surface area contributed by atoms with Crippen LogP contribution in [0.25, 0.3) is 28.0 Å². The third kappa shape index (κ3) is 2.15. The molecule has 112 valence electrons. The Bertz CT molecular complexity index is 967. The van der Waals surface area contributed by atoms with E-state index in [-0.39, 0.29) is 0 Å². The number of imidazole rings is 1. The molecule has 2 aromatic carbocycles. The van der Waals surface area contributed by atoms with E-state index in [1.54, 1.807) is 0 Å². The Morgan fingerprint density at radius 2 is 1.35 bits per heavy atom. The Hall–Kier alpha value is -2.87. The summed E-state index contributed by atoms with van der Waals surface area (Å²) in [6.07, 6.45) is 3.93. The van der Waals surface area contributed by atoms with E-state index in [0.717, 1.165) is 5.65 Å². The third-order valence-electron chi connectivity index (χ3n) is 4.43. The van der Waals surface area contributed by atoms with E-state index in [2.05, 4.69) is 83.9 Å². The first-order chi connectivity index (χ1) is 11.3. The molecular weight excluding hydrogens is 280 g/mol. The molecule has 4 rings (SSSR count). The van der Waals surface area contributed by atoms with Gasteiger partial charge < -0.3 is 0 Å². The normalized spacial score (nSPS) is 11.0. The second-order valence-corrected chi connectivity index (χ2v) is 5.83. The van der Waals surface area contributed by atoms with Gasteiger partial charge >= 0.3 is 0 Å². The number of nitrogens with zero attached hydrogens (tertiary/aromatic N) is 2. The van der Waals surface area contributed by atoms with E-state index in [1.807, 2.05) is 12.4 Å². The maximum absolute atomic E-state index is 4.59. The lowest BCUT2D eigenvalue weighted by molar-refractivity contribution is 1.14. The molecule has 4 aromatic rings. The predicted octanol–water partition coefficient (Wildman–Crippen LogP) is 5.29. The maximum atomic E-state index is 4.59. The van der Waals surface area contributed by atoms with Crippen LogP contribution < -0.4 is 0 Å². The van der Waals surface area contributed by atoms with Crippen LogP contribution in [0.4, 0.5) is 0 Å². The zero-order valence-corrected chi connectivity index (χ0v) is 13.3. The van der Waals surface area contributed by atoms with Crippen molar-refractivity contribution in [3.05, 3.63) is 84.2 Å². The summed E-state index contributed by atoms with van der Waals surface area (Å²) < 4.78 is 2.20. The molecule has 2 nitrogen and oxygen atoms in total. The lowest BCUT2D eigenvalue weighted by Crippen LogP contribution is -2.01. The molecule has 0 unspecified atom stereocenters. The van der Waals surface area contributed by atoms with E-state index < -0.39 is 0 Å².